The van der Waals surface area contributed by atoms with Crippen molar-refractivity contribution >= 4 is 17.8 Å². The number of hydrogen-bond acceptors (Lipinski definition) is 3. The first kappa shape index (κ1) is 17.6. The Morgan fingerprint density at radius 3 is 2.30 bits per heavy atom. The van der Waals surface area contributed by atoms with Gasteiger partial charge in [-0.05, 0) is 26.7 Å². The molecule has 2 saturated heterocycles. The predicted molar refractivity (Wildman–Crippen MR) is 86.8 cm³/mol. The molecule has 0 radical (unpaired) electrons. The maximum atomic E-state index is 12.6. The van der Waals surface area contributed by atoms with Gasteiger partial charge >= 0.3 is 6.03 Å². The summed E-state index contributed by atoms with van der Waals surface area (Å²) in [4.78, 5) is 41.4. The zero-order valence-electron chi connectivity index (χ0n) is 14.5. The molecule has 130 valence electrons. The highest BCUT2D eigenvalue weighted by Gasteiger charge is 2.38. The molecule has 2 heterocycles. The highest BCUT2D eigenvalue weighted by atomic mass is 16.2. The summed E-state index contributed by atoms with van der Waals surface area (Å²) in [6, 6.07) is 0.169. The third-order valence-corrected chi connectivity index (χ3v) is 4.67. The third kappa shape index (κ3) is 4.14. The number of piperidine rings is 1. The first-order chi connectivity index (χ1) is 10.8. The summed E-state index contributed by atoms with van der Waals surface area (Å²) in [6.45, 7) is 5.77. The Labute approximate surface area is 138 Å². The molecule has 0 bridgehead atoms. The van der Waals surface area contributed by atoms with Crippen LogP contribution in [0.5, 0.6) is 0 Å². The third-order valence-electron chi connectivity index (χ3n) is 4.67. The average Bonchev–Trinajstić information content (AvgIpc) is 2.89. The van der Waals surface area contributed by atoms with Gasteiger partial charge in [0.25, 0.3) is 0 Å². The van der Waals surface area contributed by atoms with Gasteiger partial charge in [0.1, 0.15) is 0 Å². The smallest absolute Gasteiger partial charge is 0.317 e. The lowest BCUT2D eigenvalue weighted by Gasteiger charge is -2.34. The molecule has 1 atom stereocenters. The molecule has 0 aromatic rings. The van der Waals surface area contributed by atoms with Gasteiger partial charge in [0, 0.05) is 52.2 Å². The summed E-state index contributed by atoms with van der Waals surface area (Å²) >= 11 is 0. The monoisotopic (exact) mass is 324 g/mol. The van der Waals surface area contributed by atoms with E-state index in [0.29, 0.717) is 26.1 Å². The van der Waals surface area contributed by atoms with E-state index in [2.05, 4.69) is 5.32 Å². The summed E-state index contributed by atoms with van der Waals surface area (Å²) in [5.74, 6) is -0.0526. The van der Waals surface area contributed by atoms with E-state index in [1.165, 1.54) is 4.90 Å². The Hall–Kier alpha value is -1.79. The van der Waals surface area contributed by atoms with Gasteiger partial charge in [-0.25, -0.2) is 4.79 Å². The van der Waals surface area contributed by atoms with Gasteiger partial charge in [0.2, 0.25) is 11.8 Å². The summed E-state index contributed by atoms with van der Waals surface area (Å²) in [5, 5.41) is 2.96. The molecule has 2 fully saturated rings. The van der Waals surface area contributed by atoms with Gasteiger partial charge in [-0.3, -0.25) is 9.59 Å². The van der Waals surface area contributed by atoms with E-state index in [4.69, 9.17) is 0 Å². The molecule has 2 rings (SSSR count). The average molecular weight is 324 g/mol. The molecule has 0 aliphatic carbocycles. The van der Waals surface area contributed by atoms with Gasteiger partial charge in [0.15, 0.2) is 0 Å². The number of rotatable bonds is 3. The van der Waals surface area contributed by atoms with Crippen LogP contribution in [0.2, 0.25) is 0 Å². The van der Waals surface area contributed by atoms with Crippen molar-refractivity contribution in [1.29, 1.82) is 0 Å². The van der Waals surface area contributed by atoms with Gasteiger partial charge in [-0.15, -0.1) is 0 Å². The van der Waals surface area contributed by atoms with Crippen molar-refractivity contribution in [3.05, 3.63) is 0 Å². The lowest BCUT2D eigenvalue weighted by Crippen LogP contribution is -2.50. The van der Waals surface area contributed by atoms with Crippen molar-refractivity contribution in [2.75, 3.05) is 33.7 Å². The van der Waals surface area contributed by atoms with Crippen molar-refractivity contribution in [3.63, 3.8) is 0 Å². The molecular weight excluding hydrogens is 296 g/mol. The van der Waals surface area contributed by atoms with Crippen LogP contribution in [-0.4, -0.2) is 78.4 Å². The predicted octanol–water partition coefficient (Wildman–Crippen LogP) is 0.506. The number of nitrogens with one attached hydrogen (secondary N) is 1. The van der Waals surface area contributed by atoms with Crippen LogP contribution < -0.4 is 5.32 Å². The van der Waals surface area contributed by atoms with E-state index >= 15 is 0 Å². The second-order valence-electron chi connectivity index (χ2n) is 6.98. The maximum absolute atomic E-state index is 12.6. The number of carbonyl (C=O) groups is 3. The number of nitrogens with zero attached hydrogens (tertiary/aromatic N) is 3. The molecule has 2 aliphatic rings. The standard InChI is InChI=1S/C16H28N4O3/c1-11(2)20-10-12(9-14(20)21)15(22)19-7-5-13(6-8-19)17-16(23)18(3)4/h11-13H,5-10H2,1-4H3,(H,17,23). The first-order valence-corrected chi connectivity index (χ1v) is 8.35. The fourth-order valence-corrected chi connectivity index (χ4v) is 3.20. The first-order valence-electron chi connectivity index (χ1n) is 8.35. The van der Waals surface area contributed by atoms with Crippen LogP contribution in [0.25, 0.3) is 0 Å². The summed E-state index contributed by atoms with van der Waals surface area (Å²) in [5.41, 5.74) is 0. The minimum absolute atomic E-state index is 0.0754. The van der Waals surface area contributed by atoms with Crippen LogP contribution in [0, 0.1) is 5.92 Å². The Balaban J connectivity index is 1.82. The van der Waals surface area contributed by atoms with Crippen molar-refractivity contribution in [3.8, 4) is 0 Å². The molecule has 1 unspecified atom stereocenters. The SMILES string of the molecule is CC(C)N1CC(C(=O)N2CCC(NC(=O)N(C)C)CC2)CC1=O. The van der Waals surface area contributed by atoms with Crippen LogP contribution >= 0.6 is 0 Å². The lowest BCUT2D eigenvalue weighted by molar-refractivity contribution is -0.136. The van der Waals surface area contributed by atoms with Crippen LogP contribution in [0.3, 0.4) is 0 Å². The van der Waals surface area contributed by atoms with Gasteiger partial charge < -0.3 is 20.0 Å². The topological polar surface area (TPSA) is 73.0 Å². The van der Waals surface area contributed by atoms with E-state index in [0.717, 1.165) is 12.8 Å². The summed E-state index contributed by atoms with van der Waals surface area (Å²) in [6.07, 6.45) is 1.86. The zero-order valence-corrected chi connectivity index (χ0v) is 14.5. The van der Waals surface area contributed by atoms with E-state index < -0.39 is 0 Å². The van der Waals surface area contributed by atoms with Crippen molar-refractivity contribution < 1.29 is 14.4 Å². The summed E-state index contributed by atoms with van der Waals surface area (Å²) < 4.78 is 0. The lowest BCUT2D eigenvalue weighted by atomic mass is 10.0. The normalized spacial score (nSPS) is 22.7. The number of carbonyl (C=O) groups excluding carboxylic acids is 3. The highest BCUT2D eigenvalue weighted by molar-refractivity contribution is 5.89. The minimum Gasteiger partial charge on any atom is -0.342 e. The van der Waals surface area contributed by atoms with Gasteiger partial charge in [-0.1, -0.05) is 0 Å². The second-order valence-corrected chi connectivity index (χ2v) is 6.98. The molecule has 23 heavy (non-hydrogen) atoms. The van der Waals surface area contributed by atoms with Crippen LogP contribution in [-0.2, 0) is 9.59 Å². The number of urea groups is 1. The molecule has 7 heteroatoms. The van der Waals surface area contributed by atoms with Crippen molar-refractivity contribution in [2.45, 2.75) is 45.2 Å². The van der Waals surface area contributed by atoms with Crippen molar-refractivity contribution in [2.24, 2.45) is 5.92 Å². The molecule has 1 N–H and O–H groups in total. The fourth-order valence-electron chi connectivity index (χ4n) is 3.20. The molecule has 0 spiro atoms. The van der Waals surface area contributed by atoms with Crippen molar-refractivity contribution in [1.82, 2.24) is 20.0 Å². The number of amides is 4. The van der Waals surface area contributed by atoms with E-state index in [1.54, 1.807) is 19.0 Å². The molecule has 7 nitrogen and oxygen atoms in total. The van der Waals surface area contributed by atoms with Gasteiger partial charge in [0.05, 0.1) is 5.92 Å². The molecule has 0 aromatic heterocycles. The fraction of sp³-hybridized carbons (Fsp3) is 0.812. The molecule has 0 saturated carbocycles. The number of hydrogen-bond donors (Lipinski definition) is 1. The molecular formula is C16H28N4O3. The van der Waals surface area contributed by atoms with E-state index in [1.807, 2.05) is 18.7 Å². The molecule has 0 aromatic carbocycles. The Morgan fingerprint density at radius 1 is 1.22 bits per heavy atom. The minimum atomic E-state index is -0.210. The van der Waals surface area contributed by atoms with E-state index in [-0.39, 0.29) is 35.8 Å². The van der Waals surface area contributed by atoms with Crippen LogP contribution in [0.15, 0.2) is 0 Å². The highest BCUT2D eigenvalue weighted by Crippen LogP contribution is 2.23. The molecule has 4 amide bonds. The zero-order chi connectivity index (χ0) is 17.1. The second kappa shape index (κ2) is 7.19. The van der Waals surface area contributed by atoms with Crippen LogP contribution in [0.4, 0.5) is 4.79 Å². The van der Waals surface area contributed by atoms with E-state index in [9.17, 15) is 14.4 Å². The largest absolute Gasteiger partial charge is 0.342 e. The Bertz CT molecular complexity index is 470. The van der Waals surface area contributed by atoms with Gasteiger partial charge in [-0.2, -0.15) is 0 Å². The molecule has 2 aliphatic heterocycles. The number of likely N-dealkylation sites (tertiary alicyclic amines) is 2. The Kier molecular flexibility index (Phi) is 5.49. The van der Waals surface area contributed by atoms with Crippen LogP contribution in [0.1, 0.15) is 33.1 Å². The maximum Gasteiger partial charge on any atom is 0.317 e. The Morgan fingerprint density at radius 2 is 1.83 bits per heavy atom. The summed E-state index contributed by atoms with van der Waals surface area (Å²) in [7, 11) is 3.43. The quantitative estimate of drug-likeness (QED) is 0.822.